The molecule has 7 nitrogen and oxygen atoms in total. The van der Waals surface area contributed by atoms with Gasteiger partial charge in [-0.3, -0.25) is 0 Å². The van der Waals surface area contributed by atoms with E-state index in [2.05, 4.69) is 71.1 Å². The average Bonchev–Trinajstić information content (AvgIpc) is 3.31. The molecule has 0 saturated heterocycles. The Bertz CT molecular complexity index is 1560. The molecule has 0 aliphatic heterocycles. The Labute approximate surface area is 227 Å². The number of pyridine rings is 2. The quantitative estimate of drug-likeness (QED) is 0.209. The van der Waals surface area contributed by atoms with Crippen LogP contribution in [0.15, 0.2) is 79.1 Å². The lowest BCUT2D eigenvalue weighted by molar-refractivity contribution is 0.442. The third kappa shape index (κ3) is 5.43. The predicted molar refractivity (Wildman–Crippen MR) is 155 cm³/mol. The molecule has 0 spiro atoms. The summed E-state index contributed by atoms with van der Waals surface area (Å²) in [5.74, 6) is 1.88. The molecule has 0 aliphatic carbocycles. The van der Waals surface area contributed by atoms with Gasteiger partial charge in [0.15, 0.2) is 0 Å². The standard InChI is InChI=1S/C30H31ClN6O/c1-19(37(5)21-13-15-27(31)33-18-21)20-12-14-23-25(17-20)36-29(34-23)35-24-10-8-16-32-28(24)38-26-11-7-6-9-22(26)30(2,3)4/h6-19H,1-5H3,(H2,34,35,36). The van der Waals surface area contributed by atoms with Crippen LogP contribution in [0.1, 0.15) is 44.9 Å². The lowest BCUT2D eigenvalue weighted by Gasteiger charge is -2.27. The summed E-state index contributed by atoms with van der Waals surface area (Å²) in [6, 6.07) is 22.0. The Morgan fingerprint density at radius 3 is 2.58 bits per heavy atom. The molecule has 0 amide bonds. The Balaban J connectivity index is 1.38. The molecular weight excluding hydrogens is 496 g/mol. The van der Waals surface area contributed by atoms with Crippen LogP contribution in [-0.4, -0.2) is 27.0 Å². The van der Waals surface area contributed by atoms with Gasteiger partial charge in [0.25, 0.3) is 0 Å². The molecule has 38 heavy (non-hydrogen) atoms. The van der Waals surface area contributed by atoms with Crippen molar-refractivity contribution in [1.29, 1.82) is 0 Å². The fraction of sp³-hybridized carbons (Fsp3) is 0.233. The Hall–Kier alpha value is -4.10. The van der Waals surface area contributed by atoms with E-state index in [1.54, 1.807) is 18.5 Å². The highest BCUT2D eigenvalue weighted by atomic mass is 35.5. The second kappa shape index (κ2) is 10.3. The van der Waals surface area contributed by atoms with E-state index in [1.165, 1.54) is 0 Å². The number of hydrogen-bond acceptors (Lipinski definition) is 6. The fourth-order valence-corrected chi connectivity index (χ4v) is 4.46. The first-order valence-corrected chi connectivity index (χ1v) is 12.9. The molecule has 3 heterocycles. The number of hydrogen-bond donors (Lipinski definition) is 2. The van der Waals surface area contributed by atoms with E-state index in [4.69, 9.17) is 21.3 Å². The third-order valence-electron chi connectivity index (χ3n) is 6.61. The molecule has 2 N–H and O–H groups in total. The Morgan fingerprint density at radius 1 is 1.00 bits per heavy atom. The number of fused-ring (bicyclic) bond motifs is 1. The molecule has 8 heteroatoms. The summed E-state index contributed by atoms with van der Waals surface area (Å²) >= 11 is 5.96. The summed E-state index contributed by atoms with van der Waals surface area (Å²) in [7, 11) is 2.04. The first-order chi connectivity index (χ1) is 18.2. The number of anilines is 3. The fourth-order valence-electron chi connectivity index (χ4n) is 4.34. The third-order valence-corrected chi connectivity index (χ3v) is 6.84. The number of ether oxygens (including phenoxy) is 1. The van der Waals surface area contributed by atoms with Crippen LogP contribution in [0.3, 0.4) is 0 Å². The van der Waals surface area contributed by atoms with E-state index in [0.717, 1.165) is 39.3 Å². The van der Waals surface area contributed by atoms with Crippen LogP contribution in [0, 0.1) is 0 Å². The zero-order valence-electron chi connectivity index (χ0n) is 22.2. The monoisotopic (exact) mass is 526 g/mol. The van der Waals surface area contributed by atoms with Gasteiger partial charge in [-0.25, -0.2) is 15.0 Å². The van der Waals surface area contributed by atoms with Gasteiger partial charge in [0, 0.05) is 18.8 Å². The zero-order valence-corrected chi connectivity index (χ0v) is 22.9. The first kappa shape index (κ1) is 25.5. The van der Waals surface area contributed by atoms with Crippen LogP contribution in [-0.2, 0) is 5.41 Å². The molecule has 5 aromatic rings. The van der Waals surface area contributed by atoms with Gasteiger partial charge in [0.05, 0.1) is 29.0 Å². The van der Waals surface area contributed by atoms with Gasteiger partial charge >= 0.3 is 0 Å². The number of benzene rings is 2. The van der Waals surface area contributed by atoms with Crippen molar-refractivity contribution in [2.75, 3.05) is 17.3 Å². The minimum absolute atomic E-state index is 0.0648. The number of nitrogens with zero attached hydrogens (tertiary/aromatic N) is 4. The van der Waals surface area contributed by atoms with Crippen molar-refractivity contribution < 1.29 is 4.74 Å². The SMILES string of the molecule is CC(c1ccc2nc(Nc3cccnc3Oc3ccccc3C(C)(C)C)[nH]c2c1)N(C)c1ccc(Cl)nc1. The van der Waals surface area contributed by atoms with Crippen molar-refractivity contribution in [3.63, 3.8) is 0 Å². The summed E-state index contributed by atoms with van der Waals surface area (Å²) < 4.78 is 6.31. The number of nitrogens with one attached hydrogen (secondary N) is 2. The first-order valence-electron chi connectivity index (χ1n) is 12.5. The number of H-pyrrole nitrogens is 1. The molecule has 0 fully saturated rings. The van der Waals surface area contributed by atoms with Gasteiger partial charge in [-0.2, -0.15) is 0 Å². The van der Waals surface area contributed by atoms with Crippen molar-refractivity contribution in [2.24, 2.45) is 0 Å². The summed E-state index contributed by atoms with van der Waals surface area (Å²) in [6.45, 7) is 8.65. The molecule has 0 bridgehead atoms. The van der Waals surface area contributed by atoms with Crippen LogP contribution in [0.4, 0.5) is 17.3 Å². The number of rotatable bonds is 7. The van der Waals surface area contributed by atoms with Gasteiger partial charge in [0.1, 0.15) is 16.6 Å². The van der Waals surface area contributed by atoms with Gasteiger partial charge in [-0.15, -0.1) is 0 Å². The second-order valence-corrected chi connectivity index (χ2v) is 10.7. The van der Waals surface area contributed by atoms with Crippen molar-refractivity contribution >= 4 is 40.0 Å². The number of aromatic amines is 1. The molecule has 1 unspecified atom stereocenters. The highest BCUT2D eigenvalue weighted by Gasteiger charge is 2.20. The summed E-state index contributed by atoms with van der Waals surface area (Å²) in [5, 5.41) is 3.84. The van der Waals surface area contributed by atoms with Crippen molar-refractivity contribution in [3.8, 4) is 11.6 Å². The maximum atomic E-state index is 6.31. The van der Waals surface area contributed by atoms with Crippen LogP contribution >= 0.6 is 11.6 Å². The molecule has 2 aromatic carbocycles. The Morgan fingerprint density at radius 2 is 1.82 bits per heavy atom. The number of para-hydroxylation sites is 1. The normalized spacial score (nSPS) is 12.4. The minimum atomic E-state index is -0.0648. The minimum Gasteiger partial charge on any atom is -0.437 e. The van der Waals surface area contributed by atoms with Crippen molar-refractivity contribution in [1.82, 2.24) is 19.9 Å². The van der Waals surface area contributed by atoms with Crippen LogP contribution in [0.2, 0.25) is 5.15 Å². The molecule has 194 valence electrons. The molecule has 1 atom stereocenters. The molecular formula is C30H31ClN6O. The lowest BCUT2D eigenvalue weighted by atomic mass is 9.86. The van der Waals surface area contributed by atoms with Crippen molar-refractivity contribution in [3.05, 3.63) is 95.4 Å². The summed E-state index contributed by atoms with van der Waals surface area (Å²) in [6.07, 6.45) is 3.50. The Kier molecular flexibility index (Phi) is 6.95. The van der Waals surface area contributed by atoms with Gasteiger partial charge < -0.3 is 19.9 Å². The van der Waals surface area contributed by atoms with Crippen molar-refractivity contribution in [2.45, 2.75) is 39.2 Å². The van der Waals surface area contributed by atoms with E-state index in [0.29, 0.717) is 17.0 Å². The largest absolute Gasteiger partial charge is 0.437 e. The average molecular weight is 527 g/mol. The van der Waals surface area contributed by atoms with E-state index < -0.39 is 0 Å². The molecule has 0 radical (unpaired) electrons. The molecule has 3 aromatic heterocycles. The maximum absolute atomic E-state index is 6.31. The zero-order chi connectivity index (χ0) is 26.9. The maximum Gasteiger partial charge on any atom is 0.243 e. The summed E-state index contributed by atoms with van der Waals surface area (Å²) in [4.78, 5) is 19.0. The second-order valence-electron chi connectivity index (χ2n) is 10.3. The highest BCUT2D eigenvalue weighted by molar-refractivity contribution is 6.29. The van der Waals surface area contributed by atoms with Gasteiger partial charge in [-0.05, 0) is 60.4 Å². The van der Waals surface area contributed by atoms with E-state index in [1.807, 2.05) is 49.5 Å². The molecule has 0 saturated carbocycles. The molecule has 0 aliphatic rings. The van der Waals surface area contributed by atoms with Crippen LogP contribution in [0.25, 0.3) is 11.0 Å². The number of imidazole rings is 1. The number of halogens is 1. The van der Waals surface area contributed by atoms with Gasteiger partial charge in [-0.1, -0.05) is 56.6 Å². The van der Waals surface area contributed by atoms with E-state index >= 15 is 0 Å². The number of aromatic nitrogens is 4. The summed E-state index contributed by atoms with van der Waals surface area (Å²) in [5.41, 5.74) is 5.71. The lowest BCUT2D eigenvalue weighted by Crippen LogP contribution is -2.21. The van der Waals surface area contributed by atoms with E-state index in [-0.39, 0.29) is 11.5 Å². The smallest absolute Gasteiger partial charge is 0.243 e. The van der Waals surface area contributed by atoms with Gasteiger partial charge in [0.2, 0.25) is 11.8 Å². The predicted octanol–water partition coefficient (Wildman–Crippen LogP) is 8.04. The van der Waals surface area contributed by atoms with Crippen LogP contribution < -0.4 is 15.0 Å². The molecule has 5 rings (SSSR count). The highest BCUT2D eigenvalue weighted by Crippen LogP contribution is 2.36. The topological polar surface area (TPSA) is 79.0 Å². The van der Waals surface area contributed by atoms with E-state index in [9.17, 15) is 0 Å². The van der Waals surface area contributed by atoms with Crippen LogP contribution in [0.5, 0.6) is 11.6 Å².